The van der Waals surface area contributed by atoms with Crippen LogP contribution in [-0.2, 0) is 19.1 Å². The minimum atomic E-state index is -0.569. The molecule has 31 heavy (non-hydrogen) atoms. The van der Waals surface area contributed by atoms with E-state index in [2.05, 4.69) is 5.32 Å². The van der Waals surface area contributed by atoms with E-state index in [-0.39, 0.29) is 24.2 Å². The van der Waals surface area contributed by atoms with Crippen LogP contribution in [0.4, 0.5) is 0 Å². The van der Waals surface area contributed by atoms with Crippen molar-refractivity contribution in [3.63, 3.8) is 0 Å². The summed E-state index contributed by atoms with van der Waals surface area (Å²) < 4.78 is 16.8. The molecule has 1 aliphatic carbocycles. The number of Topliss-reactive ketones (excluding diaryl/α,β-unsaturated/α-hetero) is 1. The number of carbonyl (C=O) groups excluding carboxylic acids is 2. The molecule has 7 heteroatoms. The summed E-state index contributed by atoms with van der Waals surface area (Å²) in [5, 5.41) is 13.4. The Balaban J connectivity index is 1.72. The fourth-order valence-corrected chi connectivity index (χ4v) is 4.59. The van der Waals surface area contributed by atoms with Crippen LogP contribution in [0.2, 0.25) is 0 Å². The number of phenols is 1. The number of dihydropyridines is 1. The molecule has 2 atom stereocenters. The SMILES string of the molecule is CCOc1cc([C@@H]2C(C(=O)OC[C@H]3CCCO3)=C(C)NC3=C2C(=O)CCC3)ccc1O. The van der Waals surface area contributed by atoms with Crippen LogP contribution < -0.4 is 10.1 Å². The Labute approximate surface area is 182 Å². The molecule has 0 unspecified atom stereocenters. The van der Waals surface area contributed by atoms with Crippen molar-refractivity contribution in [2.24, 2.45) is 0 Å². The number of phenolic OH excluding ortho intramolecular Hbond substituents is 1. The number of hydrogen-bond acceptors (Lipinski definition) is 7. The van der Waals surface area contributed by atoms with E-state index < -0.39 is 11.9 Å². The first-order valence-electron chi connectivity index (χ1n) is 11.0. The molecule has 0 radical (unpaired) electrons. The number of esters is 1. The number of ketones is 1. The number of rotatable bonds is 6. The Morgan fingerprint density at radius 1 is 1.29 bits per heavy atom. The molecule has 166 valence electrons. The summed E-state index contributed by atoms with van der Waals surface area (Å²) in [6, 6.07) is 4.99. The number of allylic oxidation sites excluding steroid dienone is 3. The number of carbonyl (C=O) groups is 2. The molecule has 2 heterocycles. The molecule has 1 aromatic rings. The van der Waals surface area contributed by atoms with Gasteiger partial charge in [0, 0.05) is 35.9 Å². The Bertz CT molecular complexity index is 941. The molecule has 7 nitrogen and oxygen atoms in total. The highest BCUT2D eigenvalue weighted by atomic mass is 16.6. The minimum absolute atomic E-state index is 0.0203. The lowest BCUT2D eigenvalue weighted by Crippen LogP contribution is -2.35. The van der Waals surface area contributed by atoms with Gasteiger partial charge in [-0.05, 0) is 57.2 Å². The highest BCUT2D eigenvalue weighted by Crippen LogP contribution is 2.44. The first kappa shape index (κ1) is 21.4. The van der Waals surface area contributed by atoms with Gasteiger partial charge >= 0.3 is 5.97 Å². The van der Waals surface area contributed by atoms with Gasteiger partial charge < -0.3 is 24.6 Å². The van der Waals surface area contributed by atoms with Crippen LogP contribution in [0.5, 0.6) is 11.5 Å². The topological polar surface area (TPSA) is 94.1 Å². The fourth-order valence-electron chi connectivity index (χ4n) is 4.59. The lowest BCUT2D eigenvalue weighted by atomic mass is 9.75. The maximum Gasteiger partial charge on any atom is 0.336 e. The van der Waals surface area contributed by atoms with Gasteiger partial charge in [0.05, 0.1) is 18.3 Å². The summed E-state index contributed by atoms with van der Waals surface area (Å²) in [6.45, 7) is 4.94. The second-order valence-corrected chi connectivity index (χ2v) is 8.16. The molecule has 0 saturated carbocycles. The number of nitrogens with one attached hydrogen (secondary N) is 1. The standard InChI is InChI=1S/C24H29NO6/c1-3-29-20-12-15(9-10-18(20)26)22-21(24(28)31-13-16-6-5-11-30-16)14(2)25-17-7-4-8-19(27)23(17)22/h9-10,12,16,22,25-26H,3-8,11,13H2,1-2H3/t16-,22-/m1/s1. The summed E-state index contributed by atoms with van der Waals surface area (Å²) in [7, 11) is 0. The Hall–Kier alpha value is -2.80. The fraction of sp³-hybridized carbons (Fsp3) is 0.500. The van der Waals surface area contributed by atoms with Crippen LogP contribution in [0.25, 0.3) is 0 Å². The zero-order chi connectivity index (χ0) is 22.0. The Morgan fingerprint density at radius 3 is 2.87 bits per heavy atom. The van der Waals surface area contributed by atoms with Crippen LogP contribution in [0, 0.1) is 0 Å². The molecule has 0 amide bonds. The van der Waals surface area contributed by atoms with Crippen molar-refractivity contribution in [3.8, 4) is 11.5 Å². The zero-order valence-corrected chi connectivity index (χ0v) is 18.0. The molecule has 1 fully saturated rings. The molecule has 3 aliphatic rings. The number of hydrogen-bond donors (Lipinski definition) is 2. The monoisotopic (exact) mass is 427 g/mol. The zero-order valence-electron chi connectivity index (χ0n) is 18.0. The van der Waals surface area contributed by atoms with Crippen LogP contribution >= 0.6 is 0 Å². The van der Waals surface area contributed by atoms with Gasteiger partial charge in [-0.1, -0.05) is 6.07 Å². The summed E-state index contributed by atoms with van der Waals surface area (Å²) in [6.07, 6.45) is 3.74. The molecule has 0 bridgehead atoms. The second kappa shape index (κ2) is 9.14. The third-order valence-corrected chi connectivity index (χ3v) is 6.04. The average Bonchev–Trinajstić information content (AvgIpc) is 3.27. The number of ether oxygens (including phenoxy) is 3. The first-order valence-corrected chi connectivity index (χ1v) is 11.0. The van der Waals surface area contributed by atoms with Crippen molar-refractivity contribution in [1.82, 2.24) is 5.32 Å². The molecule has 4 rings (SSSR count). The molecular weight excluding hydrogens is 398 g/mol. The van der Waals surface area contributed by atoms with Gasteiger partial charge in [-0.25, -0.2) is 4.79 Å². The van der Waals surface area contributed by atoms with Crippen molar-refractivity contribution in [1.29, 1.82) is 0 Å². The summed E-state index contributed by atoms with van der Waals surface area (Å²) >= 11 is 0. The smallest absolute Gasteiger partial charge is 0.336 e. The van der Waals surface area contributed by atoms with Crippen molar-refractivity contribution in [3.05, 3.63) is 46.3 Å². The summed E-state index contributed by atoms with van der Waals surface area (Å²) in [5.41, 5.74) is 3.28. The number of benzene rings is 1. The van der Waals surface area contributed by atoms with Gasteiger partial charge in [0.2, 0.25) is 0 Å². The van der Waals surface area contributed by atoms with Crippen LogP contribution in [0.15, 0.2) is 40.7 Å². The molecule has 2 aliphatic heterocycles. The van der Waals surface area contributed by atoms with Gasteiger partial charge in [0.15, 0.2) is 17.3 Å². The predicted octanol–water partition coefficient (Wildman–Crippen LogP) is 3.48. The van der Waals surface area contributed by atoms with E-state index in [1.165, 1.54) is 0 Å². The highest BCUT2D eigenvalue weighted by molar-refractivity contribution is 6.03. The van der Waals surface area contributed by atoms with Crippen LogP contribution in [-0.4, -0.2) is 42.8 Å². The quantitative estimate of drug-likeness (QED) is 0.671. The lowest BCUT2D eigenvalue weighted by molar-refractivity contribution is -0.142. The van der Waals surface area contributed by atoms with Gasteiger partial charge in [0.25, 0.3) is 0 Å². The maximum atomic E-state index is 13.2. The molecule has 1 aromatic carbocycles. The average molecular weight is 427 g/mol. The molecular formula is C24H29NO6. The van der Waals surface area contributed by atoms with Gasteiger partial charge in [-0.2, -0.15) is 0 Å². The van der Waals surface area contributed by atoms with Gasteiger partial charge in [-0.3, -0.25) is 4.79 Å². The van der Waals surface area contributed by atoms with Gasteiger partial charge in [-0.15, -0.1) is 0 Å². The van der Waals surface area contributed by atoms with Gasteiger partial charge in [0.1, 0.15) is 6.61 Å². The third kappa shape index (κ3) is 4.32. The summed E-state index contributed by atoms with van der Waals surface area (Å²) in [4.78, 5) is 26.2. The van der Waals surface area contributed by atoms with Crippen LogP contribution in [0.1, 0.15) is 57.4 Å². The first-order chi connectivity index (χ1) is 15.0. The Morgan fingerprint density at radius 2 is 2.13 bits per heavy atom. The second-order valence-electron chi connectivity index (χ2n) is 8.16. The highest BCUT2D eigenvalue weighted by Gasteiger charge is 2.39. The van der Waals surface area contributed by atoms with E-state index in [9.17, 15) is 14.7 Å². The Kier molecular flexibility index (Phi) is 6.32. The van der Waals surface area contributed by atoms with Crippen molar-refractivity contribution in [2.75, 3.05) is 19.8 Å². The lowest BCUT2D eigenvalue weighted by Gasteiger charge is -2.34. The minimum Gasteiger partial charge on any atom is -0.504 e. The van der Waals surface area contributed by atoms with E-state index >= 15 is 0 Å². The van der Waals surface area contributed by atoms with E-state index in [4.69, 9.17) is 14.2 Å². The van der Waals surface area contributed by atoms with Crippen LogP contribution in [0.3, 0.4) is 0 Å². The molecule has 0 spiro atoms. The van der Waals surface area contributed by atoms with Crippen molar-refractivity contribution < 1.29 is 28.9 Å². The summed E-state index contributed by atoms with van der Waals surface area (Å²) in [5.74, 6) is -0.649. The normalized spacial score (nSPS) is 23.5. The molecule has 2 N–H and O–H groups in total. The van der Waals surface area contributed by atoms with Crippen molar-refractivity contribution in [2.45, 2.75) is 58.0 Å². The molecule has 1 saturated heterocycles. The van der Waals surface area contributed by atoms with E-state index in [1.807, 2.05) is 13.8 Å². The third-order valence-electron chi connectivity index (χ3n) is 6.04. The van der Waals surface area contributed by atoms with E-state index in [0.717, 1.165) is 31.4 Å². The predicted molar refractivity (Wildman–Crippen MR) is 114 cm³/mol. The largest absolute Gasteiger partial charge is 0.504 e. The number of aromatic hydroxyl groups is 1. The maximum absolute atomic E-state index is 13.2. The van der Waals surface area contributed by atoms with Crippen molar-refractivity contribution >= 4 is 11.8 Å². The van der Waals surface area contributed by atoms with E-state index in [1.54, 1.807) is 18.2 Å². The van der Waals surface area contributed by atoms with E-state index in [0.29, 0.717) is 47.8 Å². The molecule has 0 aromatic heterocycles.